The van der Waals surface area contributed by atoms with Crippen LogP contribution in [0.5, 0.6) is 0 Å². The van der Waals surface area contributed by atoms with Gasteiger partial charge in [-0.15, -0.1) is 0 Å². The maximum absolute atomic E-state index is 13.8. The highest BCUT2D eigenvalue weighted by molar-refractivity contribution is 5.89. The van der Waals surface area contributed by atoms with E-state index < -0.39 is 0 Å². The summed E-state index contributed by atoms with van der Waals surface area (Å²) in [6, 6.07) is 0.757. The number of nitrogens with one attached hydrogen (secondary N) is 2. The Morgan fingerprint density at radius 3 is 2.39 bits per heavy atom. The van der Waals surface area contributed by atoms with Gasteiger partial charge in [0.1, 0.15) is 0 Å². The van der Waals surface area contributed by atoms with Crippen LogP contribution in [0, 0.1) is 58.2 Å². The lowest BCUT2D eigenvalue weighted by molar-refractivity contribution is -0.137. The molecule has 1 aliphatic heterocycles. The molecule has 180 valence electrons. The Bertz CT molecular complexity index is 868. The topological polar surface area (TPSA) is 58.2 Å². The van der Waals surface area contributed by atoms with Crippen LogP contribution in [0.4, 0.5) is 0 Å². The van der Waals surface area contributed by atoms with E-state index in [1.807, 2.05) is 0 Å². The van der Waals surface area contributed by atoms with Gasteiger partial charge in [-0.2, -0.15) is 0 Å². The molecule has 4 bridgehead atoms. The maximum atomic E-state index is 13.8. The minimum atomic E-state index is 0.0822. The SMILES string of the molecule is C[C@]12C=CC(=O)NC1CC[C@@H]1[C@H]2CC[C@]2(C)C(C(=O)NC3C4CC5CC(C4)CC3C5)CC[C@@H]12. The highest BCUT2D eigenvalue weighted by atomic mass is 16.2. The van der Waals surface area contributed by atoms with Gasteiger partial charge in [-0.1, -0.05) is 19.9 Å². The number of hydrogen-bond donors (Lipinski definition) is 2. The predicted molar refractivity (Wildman–Crippen MR) is 128 cm³/mol. The van der Waals surface area contributed by atoms with Crippen LogP contribution in [0.15, 0.2) is 12.2 Å². The van der Waals surface area contributed by atoms with Crippen LogP contribution in [-0.2, 0) is 9.59 Å². The monoisotopic (exact) mass is 450 g/mol. The van der Waals surface area contributed by atoms with Crippen molar-refractivity contribution >= 4 is 11.8 Å². The first-order valence-corrected chi connectivity index (χ1v) is 14.2. The molecule has 0 spiro atoms. The van der Waals surface area contributed by atoms with Gasteiger partial charge < -0.3 is 10.6 Å². The van der Waals surface area contributed by atoms with E-state index in [9.17, 15) is 9.59 Å². The Kier molecular flexibility index (Phi) is 4.52. The van der Waals surface area contributed by atoms with Crippen molar-refractivity contribution in [2.75, 3.05) is 0 Å². The standard InChI is InChI=1S/C29H42N2O2/c1-28-9-7-22-20(3-6-24-29(22,2)10-8-25(32)30-24)21(28)4-5-23(28)27(33)31-26-18-12-16-11-17(14-18)15-19(26)13-16/h8,10,16-24,26H,3-7,9,11-15H2,1-2H3,(H,30,32)(H,31,33)/t16?,17?,18?,19?,20-,21-,22+,23?,24?,26?,28-,29+/m0/s1. The number of fused-ring (bicyclic) bond motifs is 5. The summed E-state index contributed by atoms with van der Waals surface area (Å²) >= 11 is 0. The van der Waals surface area contributed by atoms with Crippen molar-refractivity contribution in [2.24, 2.45) is 58.2 Å². The average Bonchev–Trinajstić information content (AvgIpc) is 3.13. The summed E-state index contributed by atoms with van der Waals surface area (Å²) in [7, 11) is 0. The summed E-state index contributed by atoms with van der Waals surface area (Å²) in [5.41, 5.74) is 0.237. The second-order valence-electron chi connectivity index (χ2n) is 13.9. The number of carbonyl (C=O) groups is 2. The van der Waals surface area contributed by atoms with E-state index in [0.717, 1.165) is 36.5 Å². The normalized spacial score (nSPS) is 56.0. The van der Waals surface area contributed by atoms with Gasteiger partial charge in [0.25, 0.3) is 0 Å². The largest absolute Gasteiger partial charge is 0.353 e. The van der Waals surface area contributed by atoms with Crippen LogP contribution in [0.2, 0.25) is 0 Å². The van der Waals surface area contributed by atoms with Crippen LogP contribution < -0.4 is 10.6 Å². The van der Waals surface area contributed by atoms with Gasteiger partial charge in [-0.05, 0) is 124 Å². The summed E-state index contributed by atoms with van der Waals surface area (Å²) in [5, 5.41) is 6.96. The summed E-state index contributed by atoms with van der Waals surface area (Å²) in [5.74, 6) is 6.12. The third kappa shape index (κ3) is 2.94. The van der Waals surface area contributed by atoms with E-state index in [0.29, 0.717) is 29.7 Å². The minimum absolute atomic E-state index is 0.0822. The van der Waals surface area contributed by atoms with E-state index in [1.165, 1.54) is 57.8 Å². The molecule has 8 rings (SSSR count). The summed E-state index contributed by atoms with van der Waals surface area (Å²) in [6.07, 6.45) is 17.9. The molecule has 0 aromatic heterocycles. The smallest absolute Gasteiger partial charge is 0.243 e. The quantitative estimate of drug-likeness (QED) is 0.632. The fraction of sp³-hybridized carbons (Fsp3) is 0.862. The molecule has 7 saturated carbocycles. The van der Waals surface area contributed by atoms with Gasteiger partial charge in [0.15, 0.2) is 0 Å². The van der Waals surface area contributed by atoms with Gasteiger partial charge in [0, 0.05) is 23.4 Å². The van der Waals surface area contributed by atoms with E-state index >= 15 is 0 Å². The van der Waals surface area contributed by atoms with Gasteiger partial charge in [0.05, 0.1) is 0 Å². The molecule has 7 atom stereocenters. The number of hydrogen-bond acceptors (Lipinski definition) is 2. The molecule has 0 radical (unpaired) electrons. The predicted octanol–water partition coefficient (Wildman–Crippen LogP) is 4.84. The third-order valence-electron chi connectivity index (χ3n) is 12.5. The molecular weight excluding hydrogens is 408 g/mol. The molecule has 0 saturated heterocycles. The fourth-order valence-electron chi connectivity index (χ4n) is 11.2. The highest BCUT2D eigenvalue weighted by Crippen LogP contribution is 2.65. The van der Waals surface area contributed by atoms with Crippen molar-refractivity contribution < 1.29 is 9.59 Å². The Balaban J connectivity index is 1.09. The van der Waals surface area contributed by atoms with E-state index in [1.54, 1.807) is 6.08 Å². The first kappa shape index (κ1) is 21.0. The number of amides is 2. The molecule has 8 aliphatic rings. The Labute approximate surface area is 199 Å². The van der Waals surface area contributed by atoms with Crippen molar-refractivity contribution in [3.63, 3.8) is 0 Å². The zero-order valence-electron chi connectivity index (χ0n) is 20.5. The summed E-state index contributed by atoms with van der Waals surface area (Å²) in [6.45, 7) is 4.85. The minimum Gasteiger partial charge on any atom is -0.353 e. The lowest BCUT2D eigenvalue weighted by Crippen LogP contribution is -2.60. The molecule has 2 amide bonds. The van der Waals surface area contributed by atoms with E-state index in [4.69, 9.17) is 0 Å². The molecule has 4 heteroatoms. The van der Waals surface area contributed by atoms with Crippen molar-refractivity contribution in [3.8, 4) is 0 Å². The fourth-order valence-corrected chi connectivity index (χ4v) is 11.2. The van der Waals surface area contributed by atoms with Crippen LogP contribution >= 0.6 is 0 Å². The first-order chi connectivity index (χ1) is 15.8. The third-order valence-corrected chi connectivity index (χ3v) is 12.5. The van der Waals surface area contributed by atoms with Gasteiger partial charge in [-0.25, -0.2) is 0 Å². The zero-order valence-corrected chi connectivity index (χ0v) is 20.5. The molecule has 7 aliphatic carbocycles. The van der Waals surface area contributed by atoms with Crippen LogP contribution in [0.25, 0.3) is 0 Å². The van der Waals surface area contributed by atoms with Crippen molar-refractivity contribution in [2.45, 2.75) is 96.6 Å². The molecule has 7 fully saturated rings. The Morgan fingerprint density at radius 2 is 1.67 bits per heavy atom. The number of carbonyl (C=O) groups excluding carboxylic acids is 2. The van der Waals surface area contributed by atoms with Crippen LogP contribution in [0.1, 0.15) is 84.5 Å². The maximum Gasteiger partial charge on any atom is 0.243 e. The summed E-state index contributed by atoms with van der Waals surface area (Å²) < 4.78 is 0. The lowest BCUT2D eigenvalue weighted by Gasteiger charge is -2.59. The molecule has 0 aromatic rings. The van der Waals surface area contributed by atoms with Crippen LogP contribution in [-0.4, -0.2) is 23.9 Å². The average molecular weight is 451 g/mol. The van der Waals surface area contributed by atoms with Crippen molar-refractivity contribution in [1.29, 1.82) is 0 Å². The molecule has 2 unspecified atom stereocenters. The number of rotatable bonds is 2. The highest BCUT2D eigenvalue weighted by Gasteiger charge is 2.61. The Morgan fingerprint density at radius 1 is 0.939 bits per heavy atom. The van der Waals surface area contributed by atoms with E-state index in [2.05, 4.69) is 30.6 Å². The van der Waals surface area contributed by atoms with Crippen LogP contribution in [0.3, 0.4) is 0 Å². The summed E-state index contributed by atoms with van der Waals surface area (Å²) in [4.78, 5) is 25.8. The molecule has 4 nitrogen and oxygen atoms in total. The molecule has 33 heavy (non-hydrogen) atoms. The van der Waals surface area contributed by atoms with E-state index in [-0.39, 0.29) is 28.7 Å². The molecule has 0 aromatic carbocycles. The lowest BCUT2D eigenvalue weighted by atomic mass is 9.48. The van der Waals surface area contributed by atoms with Crippen molar-refractivity contribution in [3.05, 3.63) is 12.2 Å². The van der Waals surface area contributed by atoms with Crippen molar-refractivity contribution in [1.82, 2.24) is 10.6 Å². The molecular formula is C29H42N2O2. The second-order valence-corrected chi connectivity index (χ2v) is 13.9. The zero-order chi connectivity index (χ0) is 22.5. The molecule has 1 heterocycles. The molecule has 2 N–H and O–H groups in total. The van der Waals surface area contributed by atoms with Gasteiger partial charge in [0.2, 0.25) is 11.8 Å². The Hall–Kier alpha value is -1.32. The van der Waals surface area contributed by atoms with Gasteiger partial charge in [-0.3, -0.25) is 9.59 Å². The second kappa shape index (κ2) is 7.10. The first-order valence-electron chi connectivity index (χ1n) is 14.2. The van der Waals surface area contributed by atoms with Gasteiger partial charge >= 0.3 is 0 Å².